The molecule has 6 nitrogen and oxygen atoms in total. The summed E-state index contributed by atoms with van der Waals surface area (Å²) >= 11 is 6.05. The molecule has 134 valence electrons. The van der Waals surface area contributed by atoms with Gasteiger partial charge < -0.3 is 20.3 Å². The lowest BCUT2D eigenvalue weighted by molar-refractivity contribution is -0.140. The number of guanidine groups is 1. The van der Waals surface area contributed by atoms with Crippen molar-refractivity contribution in [3.8, 4) is 0 Å². The lowest BCUT2D eigenvalue weighted by Crippen LogP contribution is -2.45. The fourth-order valence-corrected chi connectivity index (χ4v) is 2.74. The second-order valence-corrected chi connectivity index (χ2v) is 5.82. The van der Waals surface area contributed by atoms with Crippen LogP contribution in [0.2, 0.25) is 5.02 Å². The van der Waals surface area contributed by atoms with Gasteiger partial charge in [-0.15, -0.1) is 24.0 Å². The van der Waals surface area contributed by atoms with Gasteiger partial charge in [-0.25, -0.2) is 0 Å². The van der Waals surface area contributed by atoms with Gasteiger partial charge in [-0.05, 0) is 24.6 Å². The molecule has 1 fully saturated rings. The van der Waals surface area contributed by atoms with E-state index in [2.05, 4.69) is 31.3 Å². The molecule has 0 bridgehead atoms. The number of benzene rings is 1. The second kappa shape index (κ2) is 10.6. The van der Waals surface area contributed by atoms with Gasteiger partial charge in [0.2, 0.25) is 0 Å². The summed E-state index contributed by atoms with van der Waals surface area (Å²) in [5.74, 6) is 0.466. The van der Waals surface area contributed by atoms with E-state index in [-0.39, 0.29) is 29.9 Å². The third-order valence-electron chi connectivity index (χ3n) is 3.78. The molecule has 1 aliphatic heterocycles. The monoisotopic (exact) mass is 466 g/mol. The Hall–Kier alpha value is -1.22. The molecule has 1 saturated heterocycles. The molecule has 1 heterocycles. The highest BCUT2D eigenvalue weighted by atomic mass is 127. The molecule has 24 heavy (non-hydrogen) atoms. The Morgan fingerprint density at radius 2 is 2.29 bits per heavy atom. The molecule has 2 rings (SSSR count). The van der Waals surface area contributed by atoms with Crippen LogP contribution in [0.5, 0.6) is 0 Å². The third kappa shape index (κ3) is 6.35. The number of methoxy groups -OCH3 is 1. The Labute approximate surface area is 165 Å². The normalized spacial score (nSPS) is 17.2. The topological polar surface area (TPSA) is 66.0 Å². The zero-order valence-electron chi connectivity index (χ0n) is 13.9. The number of esters is 1. The van der Waals surface area contributed by atoms with Crippen LogP contribution in [0.1, 0.15) is 12.8 Å². The van der Waals surface area contributed by atoms with Gasteiger partial charge in [-0.2, -0.15) is 0 Å². The van der Waals surface area contributed by atoms with E-state index >= 15 is 0 Å². The number of hydrogen-bond acceptors (Lipinski definition) is 4. The standard InChI is InChI=1S/C16H23ClN4O2.HI/c1-18-16(19-8-6-15(22)23-2)20-13-7-9-21(11-13)14-5-3-4-12(17)10-14;/h3-5,10,13H,6-9,11H2,1-2H3,(H2,18,19,20);1H. The number of hydrogen-bond donors (Lipinski definition) is 2. The third-order valence-corrected chi connectivity index (χ3v) is 4.01. The van der Waals surface area contributed by atoms with E-state index in [1.807, 2.05) is 18.2 Å². The molecule has 2 N–H and O–H groups in total. The largest absolute Gasteiger partial charge is 0.469 e. The summed E-state index contributed by atoms with van der Waals surface area (Å²) in [6, 6.07) is 8.19. The number of anilines is 1. The van der Waals surface area contributed by atoms with E-state index in [1.165, 1.54) is 7.11 Å². The molecular weight excluding hydrogens is 443 g/mol. The average molecular weight is 467 g/mol. The number of halogens is 2. The Bertz CT molecular complexity index is 571. The maximum absolute atomic E-state index is 11.1. The van der Waals surface area contributed by atoms with Crippen LogP contribution in [0.15, 0.2) is 29.3 Å². The Kier molecular flexibility index (Phi) is 9.20. The van der Waals surface area contributed by atoms with Gasteiger partial charge in [-0.3, -0.25) is 9.79 Å². The first-order valence-corrected chi connectivity index (χ1v) is 8.04. The molecule has 0 aromatic heterocycles. The second-order valence-electron chi connectivity index (χ2n) is 5.38. The zero-order valence-corrected chi connectivity index (χ0v) is 17.0. The Morgan fingerprint density at radius 1 is 1.50 bits per heavy atom. The highest BCUT2D eigenvalue weighted by Crippen LogP contribution is 2.23. The summed E-state index contributed by atoms with van der Waals surface area (Å²) in [6.07, 6.45) is 1.33. The van der Waals surface area contributed by atoms with Gasteiger partial charge in [0.1, 0.15) is 0 Å². The first-order valence-electron chi connectivity index (χ1n) is 7.67. The van der Waals surface area contributed by atoms with E-state index in [1.54, 1.807) is 7.05 Å². The molecular formula is C16H24ClIN4O2. The molecule has 1 aromatic carbocycles. The van der Waals surface area contributed by atoms with Crippen molar-refractivity contribution in [3.63, 3.8) is 0 Å². The lowest BCUT2D eigenvalue weighted by atomic mass is 10.2. The predicted octanol–water partition coefficient (Wildman–Crippen LogP) is 2.26. The number of aliphatic imine (C=N–C) groups is 1. The van der Waals surface area contributed by atoms with Crippen molar-refractivity contribution in [1.29, 1.82) is 0 Å². The van der Waals surface area contributed by atoms with Crippen LogP contribution in [-0.4, -0.2) is 51.8 Å². The number of carbonyl (C=O) groups excluding carboxylic acids is 1. The maximum Gasteiger partial charge on any atom is 0.307 e. The van der Waals surface area contributed by atoms with Crippen molar-refractivity contribution in [1.82, 2.24) is 10.6 Å². The Balaban J connectivity index is 0.00000288. The van der Waals surface area contributed by atoms with Crippen LogP contribution in [0.25, 0.3) is 0 Å². The molecule has 0 spiro atoms. The summed E-state index contributed by atoms with van der Waals surface area (Å²) in [6.45, 7) is 2.35. The van der Waals surface area contributed by atoms with Crippen LogP contribution in [0.3, 0.4) is 0 Å². The summed E-state index contributed by atoms with van der Waals surface area (Å²) in [5, 5.41) is 7.26. The van der Waals surface area contributed by atoms with Gasteiger partial charge >= 0.3 is 5.97 Å². The average Bonchev–Trinajstić information content (AvgIpc) is 3.02. The van der Waals surface area contributed by atoms with Crippen LogP contribution in [-0.2, 0) is 9.53 Å². The van der Waals surface area contributed by atoms with Crippen molar-refractivity contribution in [2.24, 2.45) is 4.99 Å². The van der Waals surface area contributed by atoms with E-state index in [0.717, 1.165) is 30.2 Å². The van der Waals surface area contributed by atoms with E-state index in [0.29, 0.717) is 25.0 Å². The van der Waals surface area contributed by atoms with Crippen molar-refractivity contribution >= 4 is 53.2 Å². The van der Waals surface area contributed by atoms with Crippen LogP contribution in [0.4, 0.5) is 5.69 Å². The Morgan fingerprint density at radius 3 is 2.96 bits per heavy atom. The molecule has 0 aliphatic carbocycles. The van der Waals surface area contributed by atoms with Crippen molar-refractivity contribution in [2.75, 3.05) is 38.7 Å². The summed E-state index contributed by atoms with van der Waals surface area (Å²) < 4.78 is 4.62. The van der Waals surface area contributed by atoms with Crippen molar-refractivity contribution in [2.45, 2.75) is 18.9 Å². The summed E-state index contributed by atoms with van der Waals surface area (Å²) in [5.41, 5.74) is 1.13. The molecule has 1 aromatic rings. The van der Waals surface area contributed by atoms with Crippen LogP contribution in [0, 0.1) is 0 Å². The van der Waals surface area contributed by atoms with Gasteiger partial charge in [0.25, 0.3) is 0 Å². The lowest BCUT2D eigenvalue weighted by Gasteiger charge is -2.20. The smallest absolute Gasteiger partial charge is 0.307 e. The minimum atomic E-state index is -0.235. The molecule has 8 heteroatoms. The van der Waals surface area contributed by atoms with Gasteiger partial charge in [0, 0.05) is 43.4 Å². The van der Waals surface area contributed by atoms with E-state index < -0.39 is 0 Å². The molecule has 1 atom stereocenters. The van der Waals surface area contributed by atoms with Gasteiger partial charge in [0.05, 0.1) is 13.5 Å². The van der Waals surface area contributed by atoms with Crippen molar-refractivity contribution < 1.29 is 9.53 Å². The number of rotatable bonds is 5. The molecule has 0 radical (unpaired) electrons. The minimum Gasteiger partial charge on any atom is -0.469 e. The SMILES string of the molecule is CN=C(NCCC(=O)OC)NC1CCN(c2cccc(Cl)c2)C1.I. The number of nitrogens with zero attached hydrogens (tertiary/aromatic N) is 2. The highest BCUT2D eigenvalue weighted by molar-refractivity contribution is 14.0. The molecule has 1 aliphatic rings. The van der Waals surface area contributed by atoms with E-state index in [4.69, 9.17) is 11.6 Å². The number of ether oxygens (including phenoxy) is 1. The number of nitrogens with one attached hydrogen (secondary N) is 2. The maximum atomic E-state index is 11.1. The summed E-state index contributed by atoms with van der Waals surface area (Å²) in [4.78, 5) is 17.6. The fraction of sp³-hybridized carbons (Fsp3) is 0.500. The number of carbonyl (C=O) groups is 1. The predicted molar refractivity (Wildman–Crippen MR) is 109 cm³/mol. The zero-order chi connectivity index (χ0) is 16.7. The highest BCUT2D eigenvalue weighted by Gasteiger charge is 2.23. The molecule has 1 unspecified atom stereocenters. The van der Waals surface area contributed by atoms with Crippen LogP contribution < -0.4 is 15.5 Å². The first kappa shape index (κ1) is 20.8. The quantitative estimate of drug-likeness (QED) is 0.302. The fourth-order valence-electron chi connectivity index (χ4n) is 2.56. The minimum absolute atomic E-state index is 0. The summed E-state index contributed by atoms with van der Waals surface area (Å²) in [7, 11) is 3.11. The van der Waals surface area contributed by atoms with E-state index in [9.17, 15) is 4.79 Å². The first-order chi connectivity index (χ1) is 11.1. The van der Waals surface area contributed by atoms with Gasteiger partial charge in [-0.1, -0.05) is 17.7 Å². The van der Waals surface area contributed by atoms with Crippen LogP contribution >= 0.6 is 35.6 Å². The molecule has 0 amide bonds. The molecule has 0 saturated carbocycles. The van der Waals surface area contributed by atoms with Crippen molar-refractivity contribution in [3.05, 3.63) is 29.3 Å². The van der Waals surface area contributed by atoms with Gasteiger partial charge in [0.15, 0.2) is 5.96 Å².